The number of urea groups is 1. The normalized spacial score (nSPS) is 10.3. The predicted molar refractivity (Wildman–Crippen MR) is 118 cm³/mol. The van der Waals surface area contributed by atoms with E-state index in [4.69, 9.17) is 23.2 Å². The molecule has 2 N–H and O–H groups in total. The van der Waals surface area contributed by atoms with E-state index in [2.05, 4.69) is 23.4 Å². The van der Waals surface area contributed by atoms with Crippen LogP contribution in [0, 0.1) is 5.82 Å². The number of anilines is 3. The lowest BCUT2D eigenvalue weighted by atomic mass is 10.2. The first-order chi connectivity index (χ1) is 13.8. The summed E-state index contributed by atoms with van der Waals surface area (Å²) in [6.45, 7) is 0. The van der Waals surface area contributed by atoms with Crippen molar-refractivity contribution in [3.63, 3.8) is 0 Å². The van der Waals surface area contributed by atoms with Crippen LogP contribution in [0.1, 0.15) is 10.4 Å². The van der Waals surface area contributed by atoms with Crippen LogP contribution < -0.4 is 14.9 Å². The summed E-state index contributed by atoms with van der Waals surface area (Å²) in [5, 5.41) is 5.92. The van der Waals surface area contributed by atoms with Crippen molar-refractivity contribution < 1.29 is 14.0 Å². The van der Waals surface area contributed by atoms with Crippen LogP contribution in [0.3, 0.4) is 0 Å². The highest BCUT2D eigenvalue weighted by Crippen LogP contribution is 2.26. The molecule has 0 saturated carbocycles. The number of nitrogens with one attached hydrogen (secondary N) is 2. The van der Waals surface area contributed by atoms with E-state index >= 15 is 0 Å². The fourth-order valence-electron chi connectivity index (χ4n) is 2.40. The van der Waals surface area contributed by atoms with Crippen LogP contribution >= 0.6 is 36.0 Å². The number of carbonyl (C=O) groups excluding carboxylic acids is 2. The molecule has 29 heavy (non-hydrogen) atoms. The Hall–Kier alpha value is -2.74. The Morgan fingerprint density at radius 2 is 1.52 bits per heavy atom. The number of thiol groups is 1. The molecule has 0 aliphatic carbocycles. The van der Waals surface area contributed by atoms with Gasteiger partial charge >= 0.3 is 6.03 Å². The van der Waals surface area contributed by atoms with Gasteiger partial charge in [0.05, 0.1) is 21.3 Å². The third kappa shape index (κ3) is 5.20. The van der Waals surface area contributed by atoms with E-state index in [1.54, 1.807) is 42.5 Å². The van der Waals surface area contributed by atoms with E-state index in [9.17, 15) is 14.0 Å². The van der Waals surface area contributed by atoms with Crippen LogP contribution in [0.15, 0.2) is 66.7 Å². The van der Waals surface area contributed by atoms with Gasteiger partial charge in [-0.2, -0.15) is 0 Å². The van der Waals surface area contributed by atoms with Crippen LogP contribution in [0.25, 0.3) is 0 Å². The second kappa shape index (κ2) is 9.17. The minimum absolute atomic E-state index is 0.0617. The SMILES string of the molecule is O=C(Nc1ccc(N(S)C(=O)Nc2ccc(Cl)c(Cl)c2)cc1)c1ccccc1F. The first-order valence-corrected chi connectivity index (χ1v) is 9.42. The molecule has 0 aromatic heterocycles. The van der Waals surface area contributed by atoms with Crippen molar-refractivity contribution in [2.75, 3.05) is 14.9 Å². The Labute approximate surface area is 182 Å². The molecule has 5 nitrogen and oxygen atoms in total. The first-order valence-electron chi connectivity index (χ1n) is 8.26. The fraction of sp³-hybridized carbons (Fsp3) is 0. The van der Waals surface area contributed by atoms with E-state index < -0.39 is 17.8 Å². The maximum Gasteiger partial charge on any atom is 0.336 e. The van der Waals surface area contributed by atoms with Gasteiger partial charge in [0.25, 0.3) is 5.91 Å². The molecule has 3 amide bonds. The van der Waals surface area contributed by atoms with Gasteiger partial charge < -0.3 is 10.6 Å². The molecule has 0 heterocycles. The maximum atomic E-state index is 13.7. The van der Waals surface area contributed by atoms with Crippen LogP contribution in [0.5, 0.6) is 0 Å². The van der Waals surface area contributed by atoms with E-state index in [0.717, 1.165) is 4.31 Å². The molecule has 9 heteroatoms. The molecule has 3 rings (SSSR count). The summed E-state index contributed by atoms with van der Waals surface area (Å²) in [4.78, 5) is 24.5. The quantitative estimate of drug-likeness (QED) is 0.411. The zero-order valence-corrected chi connectivity index (χ0v) is 17.1. The molecule has 0 atom stereocenters. The third-order valence-electron chi connectivity index (χ3n) is 3.85. The average molecular weight is 450 g/mol. The van der Waals surface area contributed by atoms with Crippen molar-refractivity contribution in [3.05, 3.63) is 88.2 Å². The molecule has 0 spiro atoms. The van der Waals surface area contributed by atoms with Crippen molar-refractivity contribution in [1.82, 2.24) is 0 Å². The Kier molecular flexibility index (Phi) is 6.64. The summed E-state index contributed by atoms with van der Waals surface area (Å²) in [5.41, 5.74) is 1.29. The van der Waals surface area contributed by atoms with Crippen molar-refractivity contribution in [3.8, 4) is 0 Å². The lowest BCUT2D eigenvalue weighted by molar-refractivity contribution is 0.102. The van der Waals surface area contributed by atoms with Crippen LogP contribution in [0.2, 0.25) is 10.0 Å². The molecule has 0 radical (unpaired) electrons. The Bertz CT molecular complexity index is 1060. The number of nitrogens with zero attached hydrogens (tertiary/aromatic N) is 1. The van der Waals surface area contributed by atoms with Crippen LogP contribution in [0.4, 0.5) is 26.2 Å². The van der Waals surface area contributed by atoms with E-state index in [1.807, 2.05) is 0 Å². The average Bonchev–Trinajstić information content (AvgIpc) is 2.71. The highest BCUT2D eigenvalue weighted by atomic mass is 35.5. The van der Waals surface area contributed by atoms with Gasteiger partial charge in [0.15, 0.2) is 0 Å². The number of carbonyl (C=O) groups is 2. The first kappa shape index (κ1) is 21.0. The molecule has 3 aromatic carbocycles. The molecule has 3 aromatic rings. The third-order valence-corrected chi connectivity index (χ3v) is 5.00. The number of hydrogen-bond acceptors (Lipinski definition) is 3. The summed E-state index contributed by atoms with van der Waals surface area (Å²) >= 11 is 16.0. The summed E-state index contributed by atoms with van der Waals surface area (Å²) < 4.78 is 14.8. The zero-order chi connectivity index (χ0) is 21.0. The molecule has 0 saturated heterocycles. The largest absolute Gasteiger partial charge is 0.336 e. The van der Waals surface area contributed by atoms with E-state index in [1.165, 1.54) is 24.3 Å². The maximum absolute atomic E-state index is 13.7. The number of halogens is 3. The smallest absolute Gasteiger partial charge is 0.322 e. The summed E-state index contributed by atoms with van der Waals surface area (Å²) in [6.07, 6.45) is 0. The van der Waals surface area contributed by atoms with Gasteiger partial charge in [-0.25, -0.2) is 13.5 Å². The lowest BCUT2D eigenvalue weighted by Crippen LogP contribution is -2.26. The van der Waals surface area contributed by atoms with Crippen LogP contribution in [-0.4, -0.2) is 11.9 Å². The van der Waals surface area contributed by atoms with Gasteiger partial charge in [-0.15, -0.1) is 0 Å². The molecular weight excluding hydrogens is 436 g/mol. The van der Waals surface area contributed by atoms with Gasteiger partial charge in [0.1, 0.15) is 5.82 Å². The standard InChI is InChI=1S/C20H14Cl2FN3O2S/c21-16-10-7-13(11-17(16)22)25-20(28)26(29)14-8-5-12(6-9-14)24-19(27)15-3-1-2-4-18(15)23/h1-11,29H,(H,24,27)(H,25,28). The lowest BCUT2D eigenvalue weighted by Gasteiger charge is -2.17. The minimum Gasteiger partial charge on any atom is -0.322 e. The number of rotatable bonds is 4. The van der Waals surface area contributed by atoms with Crippen molar-refractivity contribution in [1.29, 1.82) is 0 Å². The van der Waals surface area contributed by atoms with Gasteiger partial charge in [-0.1, -0.05) is 48.1 Å². The van der Waals surface area contributed by atoms with E-state index in [-0.39, 0.29) is 5.56 Å². The molecule has 148 valence electrons. The van der Waals surface area contributed by atoms with Crippen molar-refractivity contribution in [2.45, 2.75) is 0 Å². The minimum atomic E-state index is -0.609. The number of amides is 3. The fourth-order valence-corrected chi connectivity index (χ4v) is 2.88. The second-order valence-corrected chi connectivity index (χ2v) is 7.07. The number of hydrogen-bond donors (Lipinski definition) is 3. The van der Waals surface area contributed by atoms with Gasteiger partial charge in [-0.3, -0.25) is 4.79 Å². The van der Waals surface area contributed by atoms with Gasteiger partial charge in [-0.05, 0) is 54.6 Å². The summed E-state index contributed by atoms with van der Waals surface area (Å²) in [7, 11) is 0. The van der Waals surface area contributed by atoms with Crippen molar-refractivity contribution >= 4 is 65.0 Å². The topological polar surface area (TPSA) is 61.4 Å². The van der Waals surface area contributed by atoms with E-state index in [0.29, 0.717) is 27.1 Å². The number of benzene rings is 3. The second-order valence-electron chi connectivity index (χ2n) is 5.85. The Morgan fingerprint density at radius 3 is 2.17 bits per heavy atom. The van der Waals surface area contributed by atoms with Crippen molar-refractivity contribution in [2.24, 2.45) is 0 Å². The monoisotopic (exact) mass is 449 g/mol. The van der Waals surface area contributed by atoms with Gasteiger partial charge in [0.2, 0.25) is 0 Å². The summed E-state index contributed by atoms with van der Waals surface area (Å²) in [5.74, 6) is -1.18. The molecule has 0 bridgehead atoms. The highest BCUT2D eigenvalue weighted by Gasteiger charge is 2.14. The van der Waals surface area contributed by atoms with Crippen LogP contribution in [-0.2, 0) is 0 Å². The van der Waals surface area contributed by atoms with Gasteiger partial charge in [0, 0.05) is 11.4 Å². The highest BCUT2D eigenvalue weighted by molar-refractivity contribution is 7.82. The predicted octanol–water partition coefficient (Wildman–Crippen LogP) is 6.27. The molecule has 0 aliphatic rings. The molecule has 0 unspecified atom stereocenters. The Morgan fingerprint density at radius 1 is 0.862 bits per heavy atom. The molecule has 0 fully saturated rings. The summed E-state index contributed by atoms with van der Waals surface area (Å²) in [6, 6.07) is 16.2. The molecule has 0 aliphatic heterocycles. The molecular formula is C20H14Cl2FN3O2S. The zero-order valence-electron chi connectivity index (χ0n) is 14.7. The Balaban J connectivity index is 1.65.